The van der Waals surface area contributed by atoms with Gasteiger partial charge in [-0.3, -0.25) is 9.59 Å². The summed E-state index contributed by atoms with van der Waals surface area (Å²) in [6.07, 6.45) is 4.95. The van der Waals surface area contributed by atoms with Gasteiger partial charge in [-0.1, -0.05) is 23.8 Å². The maximum atomic E-state index is 13.2. The van der Waals surface area contributed by atoms with E-state index in [9.17, 15) is 9.59 Å². The molecule has 2 atom stereocenters. The van der Waals surface area contributed by atoms with Crippen LogP contribution in [0.3, 0.4) is 0 Å². The Kier molecular flexibility index (Phi) is 5.31. The Labute approximate surface area is 185 Å². The van der Waals surface area contributed by atoms with E-state index in [-0.39, 0.29) is 24.3 Å². The molecule has 2 aliphatic rings. The molecule has 0 spiro atoms. The number of hydrogen-bond acceptors (Lipinski definition) is 5. The topological polar surface area (TPSA) is 80.1 Å². The van der Waals surface area contributed by atoms with Crippen LogP contribution in [0.5, 0.6) is 0 Å². The number of carbonyl (C=O) groups excluding carboxylic acids is 2. The molecule has 1 aliphatic heterocycles. The molecular weight excluding hydrogens is 410 g/mol. The number of nitrogens with zero attached hydrogens (tertiary/aromatic N) is 4. The van der Waals surface area contributed by atoms with Crippen molar-refractivity contribution < 1.29 is 9.59 Å². The number of nitrogens with one attached hydrogen (secondary N) is 1. The molecule has 2 unspecified atom stereocenters. The number of aromatic nitrogens is 3. The molecule has 1 N–H and O–H groups in total. The molecule has 2 fully saturated rings. The zero-order valence-corrected chi connectivity index (χ0v) is 18.2. The molecule has 3 aromatic rings. The van der Waals surface area contributed by atoms with Crippen molar-refractivity contribution in [3.05, 3.63) is 64.4 Å². The van der Waals surface area contributed by atoms with E-state index >= 15 is 0 Å². The van der Waals surface area contributed by atoms with Crippen molar-refractivity contribution in [1.29, 1.82) is 0 Å². The summed E-state index contributed by atoms with van der Waals surface area (Å²) >= 11 is 1.58. The third-order valence-electron chi connectivity index (χ3n) is 6.04. The SMILES string of the molecule is Cc1ccc(N2C(=O)CC(C(=O)NCCc3nncn3C3CC3)C2c2cccs2)cc1. The van der Waals surface area contributed by atoms with E-state index in [1.54, 1.807) is 22.6 Å². The van der Waals surface area contributed by atoms with Crippen molar-refractivity contribution in [2.24, 2.45) is 5.92 Å². The summed E-state index contributed by atoms with van der Waals surface area (Å²) in [4.78, 5) is 29.0. The summed E-state index contributed by atoms with van der Waals surface area (Å²) in [7, 11) is 0. The average Bonchev–Trinajstić information content (AvgIpc) is 3.15. The highest BCUT2D eigenvalue weighted by Gasteiger charge is 2.45. The molecule has 160 valence electrons. The maximum absolute atomic E-state index is 13.2. The van der Waals surface area contributed by atoms with Gasteiger partial charge in [-0.15, -0.1) is 21.5 Å². The fourth-order valence-electron chi connectivity index (χ4n) is 4.30. The zero-order valence-electron chi connectivity index (χ0n) is 17.4. The first-order valence-corrected chi connectivity index (χ1v) is 11.6. The van der Waals surface area contributed by atoms with E-state index in [0.717, 1.165) is 22.0 Å². The van der Waals surface area contributed by atoms with Crippen LogP contribution in [0.1, 0.15) is 47.6 Å². The van der Waals surface area contributed by atoms with Crippen LogP contribution >= 0.6 is 11.3 Å². The molecule has 1 saturated carbocycles. The second kappa shape index (κ2) is 8.26. The zero-order chi connectivity index (χ0) is 21.4. The van der Waals surface area contributed by atoms with Crippen LogP contribution in [0, 0.1) is 12.8 Å². The molecule has 1 saturated heterocycles. The Balaban J connectivity index is 1.32. The third kappa shape index (κ3) is 3.99. The highest BCUT2D eigenvalue weighted by molar-refractivity contribution is 7.10. The minimum absolute atomic E-state index is 0.0177. The molecule has 2 aromatic heterocycles. The van der Waals surface area contributed by atoms with Crippen molar-refractivity contribution in [2.75, 3.05) is 11.4 Å². The Bertz CT molecular complexity index is 1070. The Hall–Kier alpha value is -3.00. The van der Waals surface area contributed by atoms with Gasteiger partial charge in [-0.2, -0.15) is 0 Å². The van der Waals surface area contributed by atoms with Crippen LogP contribution in [-0.2, 0) is 16.0 Å². The number of hydrogen-bond donors (Lipinski definition) is 1. The number of carbonyl (C=O) groups is 2. The van der Waals surface area contributed by atoms with Crippen LogP contribution in [-0.4, -0.2) is 33.1 Å². The van der Waals surface area contributed by atoms with E-state index in [0.29, 0.717) is 19.0 Å². The first-order chi connectivity index (χ1) is 15.1. The molecule has 8 heteroatoms. The summed E-state index contributed by atoms with van der Waals surface area (Å²) in [5.74, 6) is 0.380. The van der Waals surface area contributed by atoms with Gasteiger partial charge in [0.25, 0.3) is 0 Å². The standard InChI is InChI=1S/C23H25N5O2S/c1-15-4-6-17(7-5-15)28-21(29)13-18(22(28)19-3-2-12-31-19)23(30)24-11-10-20-26-25-14-27(20)16-8-9-16/h2-7,12,14,16,18,22H,8-11,13H2,1H3,(H,24,30). The van der Waals surface area contributed by atoms with Crippen molar-refractivity contribution in [2.45, 2.75) is 44.7 Å². The number of thiophene rings is 1. The third-order valence-corrected chi connectivity index (χ3v) is 6.98. The van der Waals surface area contributed by atoms with Gasteiger partial charge < -0.3 is 14.8 Å². The van der Waals surface area contributed by atoms with Gasteiger partial charge in [0.1, 0.15) is 12.2 Å². The average molecular weight is 436 g/mol. The molecule has 5 rings (SSSR count). The molecule has 0 bridgehead atoms. The lowest BCUT2D eigenvalue weighted by atomic mass is 9.97. The van der Waals surface area contributed by atoms with E-state index < -0.39 is 5.92 Å². The van der Waals surface area contributed by atoms with Crippen molar-refractivity contribution in [3.63, 3.8) is 0 Å². The second-order valence-electron chi connectivity index (χ2n) is 8.30. The quantitative estimate of drug-likeness (QED) is 0.617. The minimum atomic E-state index is -0.422. The van der Waals surface area contributed by atoms with Crippen LogP contribution < -0.4 is 10.2 Å². The van der Waals surface area contributed by atoms with Crippen molar-refractivity contribution in [3.8, 4) is 0 Å². The molecule has 3 heterocycles. The van der Waals surface area contributed by atoms with Crippen LogP contribution in [0.2, 0.25) is 0 Å². The summed E-state index contributed by atoms with van der Waals surface area (Å²) in [5.41, 5.74) is 1.97. The van der Waals surface area contributed by atoms with Gasteiger partial charge in [0.2, 0.25) is 11.8 Å². The highest BCUT2D eigenvalue weighted by Crippen LogP contribution is 2.43. The number of aryl methyl sites for hydroxylation is 1. The number of amides is 2. The van der Waals surface area contributed by atoms with Gasteiger partial charge in [0, 0.05) is 36.0 Å². The van der Waals surface area contributed by atoms with Gasteiger partial charge >= 0.3 is 0 Å². The highest BCUT2D eigenvalue weighted by atomic mass is 32.1. The smallest absolute Gasteiger partial charge is 0.228 e. The monoisotopic (exact) mass is 435 g/mol. The van der Waals surface area contributed by atoms with Gasteiger partial charge in [0.05, 0.1) is 12.0 Å². The predicted octanol–water partition coefficient (Wildman–Crippen LogP) is 3.44. The number of rotatable bonds is 7. The summed E-state index contributed by atoms with van der Waals surface area (Å²) in [6.45, 7) is 2.50. The Morgan fingerprint density at radius 2 is 2.03 bits per heavy atom. The lowest BCUT2D eigenvalue weighted by molar-refractivity contribution is -0.126. The lowest BCUT2D eigenvalue weighted by Gasteiger charge is -2.27. The molecule has 1 aromatic carbocycles. The normalized spacial score (nSPS) is 20.9. The first kappa shape index (κ1) is 19.9. The fraction of sp³-hybridized carbons (Fsp3) is 0.391. The van der Waals surface area contributed by atoms with Gasteiger partial charge in [-0.25, -0.2) is 0 Å². The maximum Gasteiger partial charge on any atom is 0.228 e. The lowest BCUT2D eigenvalue weighted by Crippen LogP contribution is -2.36. The van der Waals surface area contributed by atoms with Crippen molar-refractivity contribution in [1.82, 2.24) is 20.1 Å². The van der Waals surface area contributed by atoms with Gasteiger partial charge in [0.15, 0.2) is 0 Å². The molecule has 31 heavy (non-hydrogen) atoms. The molecule has 7 nitrogen and oxygen atoms in total. The fourth-order valence-corrected chi connectivity index (χ4v) is 5.18. The van der Waals surface area contributed by atoms with Gasteiger partial charge in [-0.05, 0) is 43.3 Å². The summed E-state index contributed by atoms with van der Waals surface area (Å²) < 4.78 is 2.11. The Morgan fingerprint density at radius 3 is 2.74 bits per heavy atom. The van der Waals surface area contributed by atoms with Crippen molar-refractivity contribution >= 4 is 28.8 Å². The molecule has 1 aliphatic carbocycles. The predicted molar refractivity (Wildman–Crippen MR) is 119 cm³/mol. The second-order valence-corrected chi connectivity index (χ2v) is 9.28. The minimum Gasteiger partial charge on any atom is -0.355 e. The largest absolute Gasteiger partial charge is 0.355 e. The van der Waals surface area contributed by atoms with Crippen LogP contribution in [0.25, 0.3) is 0 Å². The van der Waals surface area contributed by atoms with E-state index in [2.05, 4.69) is 20.1 Å². The number of anilines is 1. The van der Waals surface area contributed by atoms with E-state index in [1.807, 2.05) is 48.7 Å². The van der Waals surface area contributed by atoms with E-state index in [1.165, 1.54) is 12.8 Å². The summed E-state index contributed by atoms with van der Waals surface area (Å²) in [6, 6.07) is 12.1. The van der Waals surface area contributed by atoms with Crippen LogP contribution in [0.4, 0.5) is 5.69 Å². The van der Waals surface area contributed by atoms with Crippen LogP contribution in [0.15, 0.2) is 48.1 Å². The molecule has 2 amide bonds. The molecular formula is C23H25N5O2S. The first-order valence-electron chi connectivity index (χ1n) is 10.7. The van der Waals surface area contributed by atoms with E-state index in [4.69, 9.17) is 0 Å². The Morgan fingerprint density at radius 1 is 1.23 bits per heavy atom. The molecule has 0 radical (unpaired) electrons. The summed E-state index contributed by atoms with van der Waals surface area (Å²) in [5, 5.41) is 13.3. The number of benzene rings is 1.